The topological polar surface area (TPSA) is 90.6 Å². The number of esters is 1. The fourth-order valence-electron chi connectivity index (χ4n) is 1.52. The van der Waals surface area contributed by atoms with Crippen molar-refractivity contribution >= 4 is 5.97 Å². The molecule has 0 aliphatic heterocycles. The lowest BCUT2D eigenvalue weighted by atomic mass is 9.99. The molecule has 0 spiro atoms. The van der Waals surface area contributed by atoms with E-state index < -0.39 is 5.97 Å². The number of aromatic hydroxyl groups is 1. The van der Waals surface area contributed by atoms with E-state index in [1.54, 1.807) is 6.92 Å². The number of hydrogen-bond acceptors (Lipinski definition) is 5. The van der Waals surface area contributed by atoms with E-state index >= 15 is 0 Å². The second-order valence-electron chi connectivity index (χ2n) is 3.39. The minimum Gasteiger partial charge on any atom is -0.508 e. The molecule has 0 saturated heterocycles. The summed E-state index contributed by atoms with van der Waals surface area (Å²) in [5.74, 6) is -0.564. The second-order valence-corrected chi connectivity index (χ2v) is 3.39. The molecule has 0 aromatic heterocycles. The number of carbonyl (C=O) groups excluding carboxylic acids is 1. The Morgan fingerprint density at radius 1 is 1.47 bits per heavy atom. The van der Waals surface area contributed by atoms with Crippen LogP contribution in [-0.2, 0) is 22.6 Å². The van der Waals surface area contributed by atoms with Gasteiger partial charge in [0.05, 0.1) is 31.3 Å². The first-order chi connectivity index (χ1) is 8.12. The van der Waals surface area contributed by atoms with Gasteiger partial charge in [-0.15, -0.1) is 0 Å². The van der Waals surface area contributed by atoms with Crippen molar-refractivity contribution in [2.75, 3.05) is 6.61 Å². The Morgan fingerprint density at radius 2 is 2.12 bits per heavy atom. The Balaban J connectivity index is 3.10. The first-order valence-corrected chi connectivity index (χ1v) is 5.13. The molecule has 2 N–H and O–H groups in total. The first-order valence-electron chi connectivity index (χ1n) is 5.13. The summed E-state index contributed by atoms with van der Waals surface area (Å²) in [6.07, 6.45) is -0.0991. The molecule has 0 radical (unpaired) electrons. The maximum atomic E-state index is 11.3. The third kappa shape index (κ3) is 3.20. The molecule has 0 aliphatic rings. The highest BCUT2D eigenvalue weighted by atomic mass is 16.5. The van der Waals surface area contributed by atoms with E-state index in [1.807, 2.05) is 6.07 Å². The Kier molecular flexibility index (Phi) is 4.49. The highest BCUT2D eigenvalue weighted by Crippen LogP contribution is 2.22. The van der Waals surface area contributed by atoms with Crippen molar-refractivity contribution in [3.8, 4) is 11.8 Å². The standard InChI is InChI=1S/C12H13NO4/c1-2-17-12(16)5-8-3-10(15)4-9(7-14)11(8)6-13/h3-4,14-15H,2,5,7H2,1H3. The van der Waals surface area contributed by atoms with Gasteiger partial charge in [-0.2, -0.15) is 5.26 Å². The summed E-state index contributed by atoms with van der Waals surface area (Å²) in [5, 5.41) is 27.4. The van der Waals surface area contributed by atoms with E-state index in [4.69, 9.17) is 15.1 Å². The van der Waals surface area contributed by atoms with Gasteiger partial charge in [0.15, 0.2) is 0 Å². The molecular formula is C12H13NO4. The van der Waals surface area contributed by atoms with Crippen molar-refractivity contribution in [1.82, 2.24) is 0 Å². The van der Waals surface area contributed by atoms with E-state index in [0.717, 1.165) is 0 Å². The summed E-state index contributed by atoms with van der Waals surface area (Å²) in [6.45, 7) is 1.57. The van der Waals surface area contributed by atoms with Gasteiger partial charge in [0.2, 0.25) is 0 Å². The maximum Gasteiger partial charge on any atom is 0.310 e. The lowest BCUT2D eigenvalue weighted by Gasteiger charge is -2.08. The summed E-state index contributed by atoms with van der Waals surface area (Å²) in [4.78, 5) is 11.3. The van der Waals surface area contributed by atoms with Gasteiger partial charge >= 0.3 is 5.97 Å². The Morgan fingerprint density at radius 3 is 2.65 bits per heavy atom. The van der Waals surface area contributed by atoms with Crippen LogP contribution in [-0.4, -0.2) is 22.8 Å². The molecular weight excluding hydrogens is 222 g/mol. The molecule has 17 heavy (non-hydrogen) atoms. The minimum absolute atomic E-state index is 0.0904. The van der Waals surface area contributed by atoms with Crippen LogP contribution in [0.4, 0.5) is 0 Å². The van der Waals surface area contributed by atoms with E-state index in [1.165, 1.54) is 12.1 Å². The zero-order chi connectivity index (χ0) is 12.8. The summed E-state index contributed by atoms with van der Waals surface area (Å²) in [6, 6.07) is 4.54. The van der Waals surface area contributed by atoms with Crippen molar-refractivity contribution in [2.45, 2.75) is 20.0 Å². The zero-order valence-corrected chi connectivity index (χ0v) is 9.43. The van der Waals surface area contributed by atoms with Crippen molar-refractivity contribution in [3.05, 3.63) is 28.8 Å². The molecule has 0 unspecified atom stereocenters. The number of phenols is 1. The number of phenolic OH excluding ortho intramolecular Hbond substituents is 1. The monoisotopic (exact) mass is 235 g/mol. The average Bonchev–Trinajstić information content (AvgIpc) is 2.28. The van der Waals surface area contributed by atoms with Crippen LogP contribution in [0.25, 0.3) is 0 Å². The lowest BCUT2D eigenvalue weighted by Crippen LogP contribution is -2.09. The quantitative estimate of drug-likeness (QED) is 0.755. The van der Waals surface area contributed by atoms with E-state index in [9.17, 15) is 9.90 Å². The van der Waals surface area contributed by atoms with Crippen LogP contribution in [0.15, 0.2) is 12.1 Å². The second kappa shape index (κ2) is 5.87. The number of carbonyl (C=O) groups is 1. The number of nitrogens with zero attached hydrogens (tertiary/aromatic N) is 1. The van der Waals surface area contributed by atoms with Crippen LogP contribution < -0.4 is 0 Å². The molecule has 1 aromatic rings. The first kappa shape index (κ1) is 13.0. The van der Waals surface area contributed by atoms with Crippen LogP contribution in [0, 0.1) is 11.3 Å². The Labute approximate surface area is 98.9 Å². The highest BCUT2D eigenvalue weighted by molar-refractivity contribution is 5.74. The van der Waals surface area contributed by atoms with Gasteiger partial charge in [0.25, 0.3) is 0 Å². The normalized spacial score (nSPS) is 9.71. The summed E-state index contributed by atoms with van der Waals surface area (Å²) in [5.41, 5.74) is 0.861. The predicted molar refractivity (Wildman–Crippen MR) is 59.1 cm³/mol. The molecule has 0 heterocycles. The number of aliphatic hydroxyl groups excluding tert-OH is 1. The molecule has 5 nitrogen and oxygen atoms in total. The molecule has 0 fully saturated rings. The smallest absolute Gasteiger partial charge is 0.310 e. The largest absolute Gasteiger partial charge is 0.508 e. The fourth-order valence-corrected chi connectivity index (χ4v) is 1.52. The predicted octanol–water partition coefficient (Wildman–Crippen LogP) is 0.862. The van der Waals surface area contributed by atoms with E-state index in [0.29, 0.717) is 11.1 Å². The van der Waals surface area contributed by atoms with Gasteiger partial charge in [-0.25, -0.2) is 0 Å². The van der Waals surface area contributed by atoms with Crippen LogP contribution in [0.2, 0.25) is 0 Å². The van der Waals surface area contributed by atoms with Crippen molar-refractivity contribution in [3.63, 3.8) is 0 Å². The molecule has 5 heteroatoms. The summed E-state index contributed by atoms with van der Waals surface area (Å²) >= 11 is 0. The summed E-state index contributed by atoms with van der Waals surface area (Å²) in [7, 11) is 0. The molecule has 0 bridgehead atoms. The Hall–Kier alpha value is -2.06. The van der Waals surface area contributed by atoms with Crippen molar-refractivity contribution in [2.24, 2.45) is 0 Å². The van der Waals surface area contributed by atoms with E-state index in [2.05, 4.69) is 0 Å². The molecule has 0 saturated carbocycles. The van der Waals surface area contributed by atoms with Gasteiger partial charge in [0, 0.05) is 0 Å². The van der Waals surface area contributed by atoms with Crippen LogP contribution in [0.5, 0.6) is 5.75 Å². The van der Waals surface area contributed by atoms with Crippen molar-refractivity contribution in [1.29, 1.82) is 5.26 Å². The molecule has 0 atom stereocenters. The number of benzene rings is 1. The molecule has 0 aliphatic carbocycles. The fraction of sp³-hybridized carbons (Fsp3) is 0.333. The van der Waals surface area contributed by atoms with Gasteiger partial charge in [0.1, 0.15) is 5.75 Å². The van der Waals surface area contributed by atoms with Crippen molar-refractivity contribution < 1.29 is 19.7 Å². The lowest BCUT2D eigenvalue weighted by molar-refractivity contribution is -0.142. The number of ether oxygens (including phenoxy) is 1. The third-order valence-corrected chi connectivity index (χ3v) is 2.21. The highest BCUT2D eigenvalue weighted by Gasteiger charge is 2.13. The maximum absolute atomic E-state index is 11.3. The van der Waals surface area contributed by atoms with Gasteiger partial charge in [-0.3, -0.25) is 4.79 Å². The zero-order valence-electron chi connectivity index (χ0n) is 9.43. The number of aliphatic hydroxyl groups is 1. The van der Waals surface area contributed by atoms with Crippen LogP contribution in [0.3, 0.4) is 0 Å². The van der Waals surface area contributed by atoms with Crippen LogP contribution in [0.1, 0.15) is 23.6 Å². The molecule has 0 amide bonds. The van der Waals surface area contributed by atoms with Crippen LogP contribution >= 0.6 is 0 Å². The number of nitriles is 1. The minimum atomic E-state index is -0.474. The average molecular weight is 235 g/mol. The van der Waals surface area contributed by atoms with Gasteiger partial charge in [-0.05, 0) is 30.2 Å². The molecule has 1 rings (SSSR count). The number of rotatable bonds is 4. The summed E-state index contributed by atoms with van der Waals surface area (Å²) < 4.78 is 4.77. The number of hydrogen-bond donors (Lipinski definition) is 2. The van der Waals surface area contributed by atoms with E-state index in [-0.39, 0.29) is 30.9 Å². The van der Waals surface area contributed by atoms with Gasteiger partial charge in [-0.1, -0.05) is 0 Å². The van der Waals surface area contributed by atoms with Gasteiger partial charge < -0.3 is 14.9 Å². The molecule has 90 valence electrons. The Bertz CT molecular complexity index is 462. The SMILES string of the molecule is CCOC(=O)Cc1cc(O)cc(CO)c1C#N. The molecule has 1 aromatic carbocycles. The third-order valence-electron chi connectivity index (χ3n) is 2.21.